The normalized spacial score (nSPS) is 7.42. The molecule has 4 N–H and O–H groups in total. The van der Waals surface area contributed by atoms with Crippen molar-refractivity contribution in [1.82, 2.24) is 0 Å². The molecule has 0 aliphatic heterocycles. The number of carbonyl (C=O) groups excluding carboxylic acids is 1. The summed E-state index contributed by atoms with van der Waals surface area (Å²) in [6.07, 6.45) is 2.46. The highest BCUT2D eigenvalue weighted by atomic mass is 16.1. The molecule has 1 rings (SSSR count). The molecular weight excluding hydrogens is 236 g/mol. The Morgan fingerprint density at radius 3 is 1.89 bits per heavy atom. The van der Waals surface area contributed by atoms with Gasteiger partial charge in [-0.15, -0.1) is 0 Å². The van der Waals surface area contributed by atoms with Crippen LogP contribution in [-0.4, -0.2) is 12.3 Å². The zero-order valence-electron chi connectivity index (χ0n) is 12.9. The average molecular weight is 266 g/mol. The zero-order chi connectivity index (χ0) is 15.5. The van der Waals surface area contributed by atoms with E-state index in [0.29, 0.717) is 18.6 Å². The predicted molar refractivity (Wildman–Crippen MR) is 85.9 cm³/mol. The summed E-state index contributed by atoms with van der Waals surface area (Å²) in [4.78, 5) is 11.0. The molecule has 3 nitrogen and oxygen atoms in total. The maximum atomic E-state index is 11.0. The Morgan fingerprint density at radius 1 is 1.21 bits per heavy atom. The Kier molecular flexibility index (Phi) is 25.7. The molecule has 0 fully saturated rings. The fourth-order valence-corrected chi connectivity index (χ4v) is 0.949. The van der Waals surface area contributed by atoms with Crippen molar-refractivity contribution in [3.05, 3.63) is 48.7 Å². The molecule has 0 atom stereocenters. The lowest BCUT2D eigenvalue weighted by Crippen LogP contribution is -1.99. The number of nitrogens with two attached hydrogens (primary N) is 2. The summed E-state index contributed by atoms with van der Waals surface area (Å²) < 4.78 is 0. The van der Waals surface area contributed by atoms with Crippen LogP contribution in [0.5, 0.6) is 0 Å². The molecule has 0 saturated heterocycles. The maximum absolute atomic E-state index is 11.0. The van der Waals surface area contributed by atoms with Crippen molar-refractivity contribution >= 4 is 5.78 Å². The molecule has 0 bridgehead atoms. The second kappa shape index (κ2) is 21.7. The maximum Gasteiger partial charge on any atom is 0.136 e. The van der Waals surface area contributed by atoms with E-state index in [9.17, 15) is 4.79 Å². The van der Waals surface area contributed by atoms with Crippen molar-refractivity contribution in [1.29, 1.82) is 0 Å². The first-order chi connectivity index (χ1) is 9.15. The first-order valence-corrected chi connectivity index (χ1v) is 6.74. The minimum Gasteiger partial charge on any atom is -0.405 e. The van der Waals surface area contributed by atoms with Gasteiger partial charge in [0, 0.05) is 12.8 Å². The van der Waals surface area contributed by atoms with Crippen molar-refractivity contribution in [3.8, 4) is 0 Å². The summed E-state index contributed by atoms with van der Waals surface area (Å²) in [5, 5.41) is 0. The summed E-state index contributed by atoms with van der Waals surface area (Å²) in [6.45, 7) is 11.7. The van der Waals surface area contributed by atoms with E-state index in [-0.39, 0.29) is 0 Å². The third-order valence-electron chi connectivity index (χ3n) is 1.64. The van der Waals surface area contributed by atoms with Crippen molar-refractivity contribution < 1.29 is 4.79 Å². The first kappa shape index (κ1) is 22.6. The third-order valence-corrected chi connectivity index (χ3v) is 1.64. The second-order valence-electron chi connectivity index (χ2n) is 3.20. The van der Waals surface area contributed by atoms with Crippen molar-refractivity contribution in [2.75, 3.05) is 6.54 Å². The molecule has 0 unspecified atom stereocenters. The summed E-state index contributed by atoms with van der Waals surface area (Å²) in [5.74, 6) is 0.302. The minimum atomic E-state index is 0.302. The molecule has 19 heavy (non-hydrogen) atoms. The van der Waals surface area contributed by atoms with Gasteiger partial charge in [-0.1, -0.05) is 64.6 Å². The van der Waals surface area contributed by atoms with Crippen molar-refractivity contribution in [2.45, 2.75) is 40.5 Å². The molecular formula is C16H30N2O. The van der Waals surface area contributed by atoms with Crippen LogP contribution in [-0.2, 0) is 11.2 Å². The zero-order valence-corrected chi connectivity index (χ0v) is 12.9. The SMILES string of the molecule is C=CN.CC.CCC(=O)Cc1ccccc1.CCN. The van der Waals surface area contributed by atoms with Crippen LogP contribution in [0.4, 0.5) is 0 Å². The Hall–Kier alpha value is -1.61. The van der Waals surface area contributed by atoms with Gasteiger partial charge in [0.2, 0.25) is 0 Å². The van der Waals surface area contributed by atoms with Gasteiger partial charge >= 0.3 is 0 Å². The van der Waals surface area contributed by atoms with E-state index < -0.39 is 0 Å². The lowest BCUT2D eigenvalue weighted by atomic mass is 10.1. The molecule has 110 valence electrons. The molecule has 0 aliphatic rings. The van der Waals surface area contributed by atoms with Crippen molar-refractivity contribution in [2.24, 2.45) is 11.5 Å². The number of rotatable bonds is 3. The van der Waals surface area contributed by atoms with Gasteiger partial charge in [-0.05, 0) is 18.3 Å². The fraction of sp³-hybridized carbons (Fsp3) is 0.438. The molecule has 0 aliphatic carbocycles. The van der Waals surface area contributed by atoms with Gasteiger partial charge < -0.3 is 11.5 Å². The lowest BCUT2D eigenvalue weighted by molar-refractivity contribution is -0.118. The Labute approximate surface area is 118 Å². The summed E-state index contributed by atoms with van der Waals surface area (Å²) in [7, 11) is 0. The first-order valence-electron chi connectivity index (χ1n) is 6.74. The molecule has 0 amide bonds. The van der Waals surface area contributed by atoms with Gasteiger partial charge in [-0.2, -0.15) is 0 Å². The van der Waals surface area contributed by atoms with Crippen LogP contribution in [0.25, 0.3) is 0 Å². The summed E-state index contributed by atoms with van der Waals surface area (Å²) >= 11 is 0. The van der Waals surface area contributed by atoms with E-state index in [2.05, 4.69) is 12.3 Å². The van der Waals surface area contributed by atoms with E-state index in [1.807, 2.05) is 58.0 Å². The Morgan fingerprint density at radius 2 is 1.58 bits per heavy atom. The molecule has 3 heteroatoms. The number of hydrogen-bond acceptors (Lipinski definition) is 3. The molecule has 0 saturated carbocycles. The fourth-order valence-electron chi connectivity index (χ4n) is 0.949. The summed E-state index contributed by atoms with van der Waals surface area (Å²) in [6, 6.07) is 9.83. The van der Waals surface area contributed by atoms with Gasteiger partial charge in [0.25, 0.3) is 0 Å². The topological polar surface area (TPSA) is 69.1 Å². The quantitative estimate of drug-likeness (QED) is 0.882. The van der Waals surface area contributed by atoms with Crippen LogP contribution in [0.15, 0.2) is 43.1 Å². The number of hydrogen-bond donors (Lipinski definition) is 2. The number of carbonyl (C=O) groups is 1. The van der Waals surface area contributed by atoms with E-state index in [1.54, 1.807) is 0 Å². The van der Waals surface area contributed by atoms with Crippen LogP contribution < -0.4 is 11.5 Å². The van der Waals surface area contributed by atoms with Crippen molar-refractivity contribution in [3.63, 3.8) is 0 Å². The van der Waals surface area contributed by atoms with Crippen LogP contribution in [0.2, 0.25) is 0 Å². The molecule has 0 spiro atoms. The van der Waals surface area contributed by atoms with Crippen LogP contribution in [0.3, 0.4) is 0 Å². The smallest absolute Gasteiger partial charge is 0.136 e. The predicted octanol–water partition coefficient (Wildman–Crippen LogP) is 3.29. The van der Waals surface area contributed by atoms with Gasteiger partial charge in [0.05, 0.1) is 0 Å². The number of benzene rings is 1. The van der Waals surface area contributed by atoms with Gasteiger partial charge in [-0.25, -0.2) is 0 Å². The van der Waals surface area contributed by atoms with Gasteiger partial charge in [-0.3, -0.25) is 4.79 Å². The molecule has 0 heterocycles. The highest BCUT2D eigenvalue weighted by molar-refractivity contribution is 5.80. The molecule has 0 radical (unpaired) electrons. The standard InChI is InChI=1S/C10H12O.C2H7N.C2H5N.C2H6/c1-2-10(11)8-9-6-4-3-5-7-9;2*1-2-3;1-2/h3-7H,2,8H2,1H3;2-3H2,1H3;2H,1,3H2;1-2H3. The second-order valence-corrected chi connectivity index (χ2v) is 3.20. The molecule has 1 aromatic carbocycles. The van der Waals surface area contributed by atoms with E-state index in [0.717, 1.165) is 12.1 Å². The largest absolute Gasteiger partial charge is 0.405 e. The molecule has 1 aromatic rings. The van der Waals surface area contributed by atoms with Crippen LogP contribution in [0.1, 0.15) is 39.7 Å². The van der Waals surface area contributed by atoms with E-state index in [1.165, 1.54) is 6.20 Å². The van der Waals surface area contributed by atoms with Crippen LogP contribution in [0, 0.1) is 0 Å². The Bertz CT molecular complexity index is 284. The highest BCUT2D eigenvalue weighted by Crippen LogP contribution is 2.00. The monoisotopic (exact) mass is 266 g/mol. The van der Waals surface area contributed by atoms with E-state index >= 15 is 0 Å². The Balaban J connectivity index is -0.000000269. The summed E-state index contributed by atoms with van der Waals surface area (Å²) in [5.41, 5.74) is 10.6. The number of ketones is 1. The van der Waals surface area contributed by atoms with Crippen LogP contribution >= 0.6 is 0 Å². The molecule has 0 aromatic heterocycles. The van der Waals surface area contributed by atoms with E-state index in [4.69, 9.17) is 5.73 Å². The minimum absolute atomic E-state index is 0.302. The third kappa shape index (κ3) is 22.1. The lowest BCUT2D eigenvalue weighted by Gasteiger charge is -1.96. The average Bonchev–Trinajstić information content (AvgIpc) is 2.44. The number of Topliss-reactive ketones (excluding diaryl/α,β-unsaturated/α-hetero) is 1. The highest BCUT2D eigenvalue weighted by Gasteiger charge is 1.98. The van der Waals surface area contributed by atoms with Gasteiger partial charge in [0.15, 0.2) is 0 Å². The van der Waals surface area contributed by atoms with Gasteiger partial charge in [0.1, 0.15) is 5.78 Å².